The zero-order valence-corrected chi connectivity index (χ0v) is 9.13. The van der Waals surface area contributed by atoms with E-state index in [4.69, 9.17) is 4.74 Å². The summed E-state index contributed by atoms with van der Waals surface area (Å²) in [5.74, 6) is 0.551. The van der Waals surface area contributed by atoms with Gasteiger partial charge in [-0.2, -0.15) is 0 Å². The van der Waals surface area contributed by atoms with Crippen LogP contribution in [0.1, 0.15) is 27.2 Å². The topological polar surface area (TPSA) is 29.5 Å². The third-order valence-corrected chi connectivity index (χ3v) is 3.59. The molecule has 13 heavy (non-hydrogen) atoms. The molecule has 0 radical (unpaired) electrons. The molecule has 1 saturated heterocycles. The molecule has 2 atom stereocenters. The Labute approximate surface area is 80.1 Å². The van der Waals surface area contributed by atoms with E-state index in [-0.39, 0.29) is 17.6 Å². The van der Waals surface area contributed by atoms with Crippen LogP contribution in [0, 0.1) is 5.92 Å². The first-order chi connectivity index (χ1) is 5.91. The highest BCUT2D eigenvalue weighted by molar-refractivity contribution is 5.78. The van der Waals surface area contributed by atoms with Crippen molar-refractivity contribution in [3.8, 4) is 0 Å². The minimum atomic E-state index is -0.101. The quantitative estimate of drug-likeness (QED) is 0.616. The van der Waals surface area contributed by atoms with Crippen molar-refractivity contribution in [1.29, 1.82) is 0 Å². The molecule has 0 bridgehead atoms. The van der Waals surface area contributed by atoms with E-state index in [0.717, 1.165) is 0 Å². The van der Waals surface area contributed by atoms with Crippen LogP contribution in [0.4, 0.5) is 0 Å². The van der Waals surface area contributed by atoms with Crippen molar-refractivity contribution in [2.45, 2.75) is 38.8 Å². The molecule has 0 aromatic rings. The summed E-state index contributed by atoms with van der Waals surface area (Å²) in [4.78, 5) is 13.4. The van der Waals surface area contributed by atoms with Gasteiger partial charge in [-0.1, -0.05) is 6.92 Å². The van der Waals surface area contributed by atoms with Crippen LogP contribution in [0.2, 0.25) is 0 Å². The van der Waals surface area contributed by atoms with Crippen LogP contribution >= 0.6 is 0 Å². The van der Waals surface area contributed by atoms with E-state index in [1.807, 2.05) is 11.9 Å². The van der Waals surface area contributed by atoms with E-state index in [9.17, 15) is 4.79 Å². The third kappa shape index (κ3) is 1.57. The fraction of sp³-hybridized carbons (Fsp3) is 0.900. The van der Waals surface area contributed by atoms with Gasteiger partial charge >= 0.3 is 0 Å². The average molecular weight is 185 g/mol. The summed E-state index contributed by atoms with van der Waals surface area (Å²) in [6.45, 7) is 6.30. The van der Waals surface area contributed by atoms with Gasteiger partial charge < -0.3 is 9.64 Å². The van der Waals surface area contributed by atoms with Crippen molar-refractivity contribution in [3.05, 3.63) is 0 Å². The number of carbonyl (C=O) groups excluding carboxylic acids is 1. The number of hydrogen-bond acceptors (Lipinski definition) is 2. The summed E-state index contributed by atoms with van der Waals surface area (Å²) >= 11 is 0. The molecule has 1 fully saturated rings. The standard InChI is InChI=1S/C10H19NO2/c1-7-8(13-5)6-9(12)11(4)10(7,2)3/h7-8H,6H2,1-5H3. The smallest absolute Gasteiger partial charge is 0.225 e. The largest absolute Gasteiger partial charge is 0.381 e. The third-order valence-electron chi connectivity index (χ3n) is 3.59. The fourth-order valence-electron chi connectivity index (χ4n) is 1.86. The molecule has 0 N–H and O–H groups in total. The highest BCUT2D eigenvalue weighted by Crippen LogP contribution is 2.33. The van der Waals surface area contributed by atoms with E-state index in [2.05, 4.69) is 20.8 Å². The number of rotatable bonds is 1. The number of carbonyl (C=O) groups is 1. The lowest BCUT2D eigenvalue weighted by Gasteiger charge is -2.47. The lowest BCUT2D eigenvalue weighted by atomic mass is 9.78. The van der Waals surface area contributed by atoms with Crippen LogP contribution in [0.25, 0.3) is 0 Å². The highest BCUT2D eigenvalue weighted by atomic mass is 16.5. The molecule has 76 valence electrons. The van der Waals surface area contributed by atoms with Crippen molar-refractivity contribution in [2.24, 2.45) is 5.92 Å². The molecule has 1 aliphatic heterocycles. The monoisotopic (exact) mass is 185 g/mol. The van der Waals surface area contributed by atoms with Crippen LogP contribution in [0.15, 0.2) is 0 Å². The van der Waals surface area contributed by atoms with Crippen LogP contribution in [-0.4, -0.2) is 36.6 Å². The normalized spacial score (nSPS) is 33.6. The Kier molecular flexibility index (Phi) is 2.66. The second-order valence-corrected chi connectivity index (χ2v) is 4.37. The number of piperidine rings is 1. The van der Waals surface area contributed by atoms with Crippen molar-refractivity contribution >= 4 is 5.91 Å². The minimum absolute atomic E-state index is 0.0682. The van der Waals surface area contributed by atoms with E-state index >= 15 is 0 Å². The maximum atomic E-state index is 11.6. The number of amides is 1. The average Bonchev–Trinajstić information content (AvgIpc) is 2.09. The molecule has 1 amide bonds. The molecule has 0 aliphatic carbocycles. The van der Waals surface area contributed by atoms with E-state index in [1.165, 1.54) is 0 Å². The zero-order chi connectivity index (χ0) is 10.2. The second-order valence-electron chi connectivity index (χ2n) is 4.37. The van der Waals surface area contributed by atoms with E-state index < -0.39 is 0 Å². The van der Waals surface area contributed by atoms with Gasteiger partial charge in [-0.3, -0.25) is 4.79 Å². The van der Waals surface area contributed by atoms with Gasteiger partial charge in [-0.15, -0.1) is 0 Å². The number of hydrogen-bond donors (Lipinski definition) is 0. The number of nitrogens with zero attached hydrogens (tertiary/aromatic N) is 1. The molecule has 0 spiro atoms. The fourth-order valence-corrected chi connectivity index (χ4v) is 1.86. The Morgan fingerprint density at radius 3 is 2.54 bits per heavy atom. The van der Waals surface area contributed by atoms with E-state index in [0.29, 0.717) is 12.3 Å². The van der Waals surface area contributed by atoms with Crippen LogP contribution in [0.3, 0.4) is 0 Å². The molecule has 0 aromatic carbocycles. The van der Waals surface area contributed by atoms with Crippen molar-refractivity contribution < 1.29 is 9.53 Å². The summed E-state index contributed by atoms with van der Waals surface area (Å²) in [5, 5.41) is 0. The van der Waals surface area contributed by atoms with Gasteiger partial charge in [0, 0.05) is 25.6 Å². The first-order valence-electron chi connectivity index (χ1n) is 4.70. The lowest BCUT2D eigenvalue weighted by molar-refractivity contribution is -0.151. The summed E-state index contributed by atoms with van der Waals surface area (Å²) in [6, 6.07) is 0. The predicted molar refractivity (Wildman–Crippen MR) is 51.4 cm³/mol. The Bertz CT molecular complexity index is 213. The van der Waals surface area contributed by atoms with Crippen molar-refractivity contribution in [3.63, 3.8) is 0 Å². The zero-order valence-electron chi connectivity index (χ0n) is 9.13. The number of likely N-dealkylation sites (tertiary alicyclic amines) is 1. The predicted octanol–water partition coefficient (Wildman–Crippen LogP) is 1.28. The Hall–Kier alpha value is -0.570. The van der Waals surface area contributed by atoms with Crippen LogP contribution < -0.4 is 0 Å². The van der Waals surface area contributed by atoms with Gasteiger partial charge in [-0.25, -0.2) is 0 Å². The van der Waals surface area contributed by atoms with Gasteiger partial charge in [0.25, 0.3) is 0 Å². The summed E-state index contributed by atoms with van der Waals surface area (Å²) in [5.41, 5.74) is -0.101. The Balaban J connectivity index is 2.88. The maximum Gasteiger partial charge on any atom is 0.225 e. The molecule has 0 saturated carbocycles. The Morgan fingerprint density at radius 1 is 1.54 bits per heavy atom. The first kappa shape index (κ1) is 10.5. The van der Waals surface area contributed by atoms with Crippen molar-refractivity contribution in [1.82, 2.24) is 4.90 Å². The lowest BCUT2D eigenvalue weighted by Crippen LogP contribution is -2.58. The molecule has 1 rings (SSSR count). The molecule has 2 unspecified atom stereocenters. The molecule has 1 heterocycles. The molecule has 3 nitrogen and oxygen atoms in total. The maximum absolute atomic E-state index is 11.6. The summed E-state index contributed by atoms with van der Waals surface area (Å²) < 4.78 is 5.31. The first-order valence-corrected chi connectivity index (χ1v) is 4.70. The van der Waals surface area contributed by atoms with Gasteiger partial charge in [0.15, 0.2) is 0 Å². The molecular weight excluding hydrogens is 166 g/mol. The van der Waals surface area contributed by atoms with E-state index in [1.54, 1.807) is 7.11 Å². The summed E-state index contributed by atoms with van der Waals surface area (Å²) in [6.07, 6.45) is 0.580. The number of ether oxygens (including phenoxy) is 1. The SMILES string of the molecule is COC1CC(=O)N(C)C(C)(C)C1C. The molecule has 0 aromatic heterocycles. The van der Waals surface area contributed by atoms with Gasteiger partial charge in [-0.05, 0) is 13.8 Å². The highest BCUT2D eigenvalue weighted by Gasteiger charge is 2.43. The summed E-state index contributed by atoms with van der Waals surface area (Å²) in [7, 11) is 3.54. The van der Waals surface area contributed by atoms with Gasteiger partial charge in [0.1, 0.15) is 0 Å². The second kappa shape index (κ2) is 3.29. The van der Waals surface area contributed by atoms with Crippen molar-refractivity contribution in [2.75, 3.05) is 14.2 Å². The molecular formula is C10H19NO2. The van der Waals surface area contributed by atoms with Crippen LogP contribution in [0.5, 0.6) is 0 Å². The van der Waals surface area contributed by atoms with Crippen LogP contribution in [-0.2, 0) is 9.53 Å². The minimum Gasteiger partial charge on any atom is -0.381 e. The molecule has 3 heteroatoms. The van der Waals surface area contributed by atoms with Gasteiger partial charge in [0.2, 0.25) is 5.91 Å². The Morgan fingerprint density at radius 2 is 2.08 bits per heavy atom. The number of methoxy groups -OCH3 is 1. The molecule has 1 aliphatic rings. The van der Waals surface area contributed by atoms with Gasteiger partial charge in [0.05, 0.1) is 12.5 Å².